The van der Waals surface area contributed by atoms with Crippen LogP contribution in [0.2, 0.25) is 0 Å². The lowest BCUT2D eigenvalue weighted by molar-refractivity contribution is -0.00173. The SMILES string of the molecule is COC(=O)c1ccc(C2(O)CCCCCC2)o1. The van der Waals surface area contributed by atoms with Crippen LogP contribution in [0.15, 0.2) is 16.5 Å². The Morgan fingerprint density at radius 3 is 2.53 bits per heavy atom. The van der Waals surface area contributed by atoms with E-state index in [9.17, 15) is 9.90 Å². The van der Waals surface area contributed by atoms with E-state index in [1.165, 1.54) is 7.11 Å². The predicted molar refractivity (Wildman–Crippen MR) is 61.6 cm³/mol. The van der Waals surface area contributed by atoms with E-state index in [2.05, 4.69) is 4.74 Å². The number of ether oxygens (including phenoxy) is 1. The van der Waals surface area contributed by atoms with Crippen molar-refractivity contribution in [3.63, 3.8) is 0 Å². The third-order valence-corrected chi connectivity index (χ3v) is 3.38. The first-order chi connectivity index (χ1) is 8.15. The van der Waals surface area contributed by atoms with Crippen molar-refractivity contribution in [2.24, 2.45) is 0 Å². The van der Waals surface area contributed by atoms with E-state index >= 15 is 0 Å². The van der Waals surface area contributed by atoms with Gasteiger partial charge in [0.25, 0.3) is 0 Å². The first-order valence-corrected chi connectivity index (χ1v) is 6.07. The number of carbonyl (C=O) groups excluding carboxylic acids is 1. The van der Waals surface area contributed by atoms with Gasteiger partial charge >= 0.3 is 5.97 Å². The van der Waals surface area contributed by atoms with Crippen LogP contribution >= 0.6 is 0 Å². The number of aliphatic hydroxyl groups is 1. The second kappa shape index (κ2) is 4.92. The minimum Gasteiger partial charge on any atom is -0.463 e. The predicted octanol–water partition coefficient (Wildman–Crippen LogP) is 2.61. The van der Waals surface area contributed by atoms with Crippen LogP contribution in [0.4, 0.5) is 0 Å². The van der Waals surface area contributed by atoms with Gasteiger partial charge in [-0.1, -0.05) is 25.7 Å². The van der Waals surface area contributed by atoms with Gasteiger partial charge in [-0.2, -0.15) is 0 Å². The molecule has 0 spiro atoms. The van der Waals surface area contributed by atoms with Crippen LogP contribution in [0.5, 0.6) is 0 Å². The van der Waals surface area contributed by atoms with E-state index in [0.717, 1.165) is 25.7 Å². The summed E-state index contributed by atoms with van der Waals surface area (Å²) in [6.07, 6.45) is 5.66. The summed E-state index contributed by atoms with van der Waals surface area (Å²) in [5.74, 6) is 0.133. The number of hydrogen-bond donors (Lipinski definition) is 1. The van der Waals surface area contributed by atoms with Gasteiger partial charge in [0, 0.05) is 0 Å². The molecule has 0 unspecified atom stereocenters. The standard InChI is InChI=1S/C13H18O4/c1-16-12(14)10-6-7-11(17-10)13(15)8-4-2-3-5-9-13/h6-7,15H,2-5,8-9H2,1H3. The molecule has 1 aromatic heterocycles. The Morgan fingerprint density at radius 1 is 1.29 bits per heavy atom. The average molecular weight is 238 g/mol. The van der Waals surface area contributed by atoms with E-state index < -0.39 is 11.6 Å². The lowest BCUT2D eigenvalue weighted by Gasteiger charge is -2.23. The van der Waals surface area contributed by atoms with Crippen molar-refractivity contribution in [1.29, 1.82) is 0 Å². The Kier molecular flexibility index (Phi) is 3.52. The van der Waals surface area contributed by atoms with Crippen LogP contribution in [0.25, 0.3) is 0 Å². The van der Waals surface area contributed by atoms with Gasteiger partial charge in [0.2, 0.25) is 5.76 Å². The molecule has 1 aliphatic rings. The number of carbonyl (C=O) groups is 1. The molecular formula is C13H18O4. The highest BCUT2D eigenvalue weighted by molar-refractivity contribution is 5.86. The minimum absolute atomic E-state index is 0.153. The third-order valence-electron chi connectivity index (χ3n) is 3.38. The quantitative estimate of drug-likeness (QED) is 0.635. The molecule has 1 fully saturated rings. The molecule has 1 saturated carbocycles. The van der Waals surface area contributed by atoms with Gasteiger partial charge in [-0.15, -0.1) is 0 Å². The van der Waals surface area contributed by atoms with Gasteiger partial charge in [-0.3, -0.25) is 0 Å². The smallest absolute Gasteiger partial charge is 0.373 e. The molecule has 1 aliphatic carbocycles. The van der Waals surface area contributed by atoms with E-state index in [4.69, 9.17) is 4.42 Å². The summed E-state index contributed by atoms with van der Waals surface area (Å²) >= 11 is 0. The summed E-state index contributed by atoms with van der Waals surface area (Å²) in [7, 11) is 1.31. The molecule has 0 radical (unpaired) electrons. The highest BCUT2D eigenvalue weighted by Crippen LogP contribution is 2.36. The molecule has 0 saturated heterocycles. The van der Waals surface area contributed by atoms with E-state index in [0.29, 0.717) is 18.6 Å². The Labute approximate surface area is 101 Å². The molecule has 94 valence electrons. The highest BCUT2D eigenvalue weighted by Gasteiger charge is 2.33. The van der Waals surface area contributed by atoms with E-state index in [1.54, 1.807) is 12.1 Å². The second-order valence-corrected chi connectivity index (χ2v) is 4.60. The van der Waals surface area contributed by atoms with Crippen LogP contribution in [0.1, 0.15) is 54.8 Å². The lowest BCUT2D eigenvalue weighted by Crippen LogP contribution is -2.23. The zero-order valence-electron chi connectivity index (χ0n) is 10.1. The monoisotopic (exact) mass is 238 g/mol. The summed E-state index contributed by atoms with van der Waals surface area (Å²) in [5, 5.41) is 10.5. The fraction of sp³-hybridized carbons (Fsp3) is 0.615. The summed E-state index contributed by atoms with van der Waals surface area (Å²) in [6, 6.07) is 3.24. The number of methoxy groups -OCH3 is 1. The maximum absolute atomic E-state index is 11.3. The minimum atomic E-state index is -0.914. The molecular weight excluding hydrogens is 220 g/mol. The van der Waals surface area contributed by atoms with Gasteiger partial charge in [-0.25, -0.2) is 4.79 Å². The third kappa shape index (κ3) is 2.52. The Hall–Kier alpha value is -1.29. The lowest BCUT2D eigenvalue weighted by atomic mass is 9.92. The average Bonchev–Trinajstić information content (AvgIpc) is 2.73. The van der Waals surface area contributed by atoms with Crippen molar-refractivity contribution in [1.82, 2.24) is 0 Å². The van der Waals surface area contributed by atoms with Crippen LogP contribution in [0, 0.1) is 0 Å². The Bertz CT molecular complexity index is 386. The van der Waals surface area contributed by atoms with E-state index in [-0.39, 0.29) is 5.76 Å². The molecule has 1 heterocycles. The topological polar surface area (TPSA) is 59.7 Å². The maximum Gasteiger partial charge on any atom is 0.373 e. The Balaban J connectivity index is 2.20. The summed E-state index contributed by atoms with van der Waals surface area (Å²) in [4.78, 5) is 11.3. The van der Waals surface area contributed by atoms with Crippen molar-refractivity contribution >= 4 is 5.97 Å². The maximum atomic E-state index is 11.3. The van der Waals surface area contributed by atoms with Crippen molar-refractivity contribution in [3.05, 3.63) is 23.7 Å². The number of furan rings is 1. The second-order valence-electron chi connectivity index (χ2n) is 4.60. The normalized spacial score (nSPS) is 19.6. The van der Waals surface area contributed by atoms with E-state index in [1.807, 2.05) is 0 Å². The first-order valence-electron chi connectivity index (χ1n) is 6.07. The van der Waals surface area contributed by atoms with Crippen LogP contribution in [0.3, 0.4) is 0 Å². The Morgan fingerprint density at radius 2 is 1.94 bits per heavy atom. The molecule has 17 heavy (non-hydrogen) atoms. The summed E-state index contributed by atoms with van der Waals surface area (Å²) in [6.45, 7) is 0. The molecule has 0 amide bonds. The van der Waals surface area contributed by atoms with Crippen molar-refractivity contribution in [2.45, 2.75) is 44.1 Å². The highest BCUT2D eigenvalue weighted by atomic mass is 16.5. The van der Waals surface area contributed by atoms with Gasteiger partial charge in [0.1, 0.15) is 11.4 Å². The van der Waals surface area contributed by atoms with Crippen LogP contribution < -0.4 is 0 Å². The summed E-state index contributed by atoms with van der Waals surface area (Å²) < 4.78 is 9.99. The van der Waals surface area contributed by atoms with Gasteiger partial charge in [0.05, 0.1) is 7.11 Å². The number of esters is 1. The van der Waals surface area contributed by atoms with Crippen molar-refractivity contribution in [2.75, 3.05) is 7.11 Å². The summed E-state index contributed by atoms with van der Waals surface area (Å²) in [5.41, 5.74) is -0.914. The van der Waals surface area contributed by atoms with Crippen LogP contribution in [-0.2, 0) is 10.3 Å². The molecule has 0 aliphatic heterocycles. The number of hydrogen-bond acceptors (Lipinski definition) is 4. The van der Waals surface area contributed by atoms with Crippen molar-refractivity contribution < 1.29 is 19.1 Å². The largest absolute Gasteiger partial charge is 0.463 e. The molecule has 1 N–H and O–H groups in total. The fourth-order valence-corrected chi connectivity index (χ4v) is 2.36. The molecule has 2 rings (SSSR count). The first kappa shape index (κ1) is 12.2. The van der Waals surface area contributed by atoms with Crippen molar-refractivity contribution in [3.8, 4) is 0 Å². The molecule has 0 atom stereocenters. The molecule has 0 aromatic carbocycles. The zero-order valence-corrected chi connectivity index (χ0v) is 10.1. The van der Waals surface area contributed by atoms with Gasteiger partial charge in [-0.05, 0) is 25.0 Å². The zero-order chi connectivity index (χ0) is 12.3. The molecule has 0 bridgehead atoms. The van der Waals surface area contributed by atoms with Crippen LogP contribution in [-0.4, -0.2) is 18.2 Å². The number of rotatable bonds is 2. The molecule has 1 aromatic rings. The fourth-order valence-electron chi connectivity index (χ4n) is 2.36. The van der Waals surface area contributed by atoms with Gasteiger partial charge in [0.15, 0.2) is 0 Å². The molecule has 4 nitrogen and oxygen atoms in total. The molecule has 4 heteroatoms. The van der Waals surface area contributed by atoms with Gasteiger partial charge < -0.3 is 14.3 Å².